The summed E-state index contributed by atoms with van der Waals surface area (Å²) in [4.78, 5) is 18.5. The van der Waals surface area contributed by atoms with E-state index in [0.29, 0.717) is 28.2 Å². The Kier molecular flexibility index (Phi) is 3.91. The van der Waals surface area contributed by atoms with Crippen molar-refractivity contribution in [2.45, 2.75) is 26.3 Å². The zero-order chi connectivity index (χ0) is 15.0. The van der Waals surface area contributed by atoms with Gasteiger partial charge in [-0.15, -0.1) is 0 Å². The van der Waals surface area contributed by atoms with Gasteiger partial charge in [0.05, 0.1) is 23.0 Å². The Hall–Kier alpha value is -1.52. The number of aryl methyl sites for hydroxylation is 1. The van der Waals surface area contributed by atoms with Crippen LogP contribution >= 0.6 is 11.6 Å². The zero-order valence-electron chi connectivity index (χ0n) is 12.3. The van der Waals surface area contributed by atoms with Gasteiger partial charge < -0.3 is 9.72 Å². The fourth-order valence-corrected chi connectivity index (χ4v) is 3.26. The second-order valence-corrected chi connectivity index (χ2v) is 5.95. The molecule has 0 aliphatic carbocycles. The SMILES string of the molecule is COc1ccc(Cl)c2c(=O)c(CN3CCCC3)c(C)[nH]c12. The van der Waals surface area contributed by atoms with Crippen LogP contribution in [0.15, 0.2) is 16.9 Å². The fraction of sp³-hybridized carbons (Fsp3) is 0.438. The van der Waals surface area contributed by atoms with Crippen LogP contribution in [-0.2, 0) is 6.54 Å². The molecule has 1 N–H and O–H groups in total. The van der Waals surface area contributed by atoms with Crippen LogP contribution in [0.25, 0.3) is 10.9 Å². The average Bonchev–Trinajstić information content (AvgIpc) is 2.96. The zero-order valence-corrected chi connectivity index (χ0v) is 13.1. The maximum atomic E-state index is 12.8. The van der Waals surface area contributed by atoms with Crippen molar-refractivity contribution in [3.8, 4) is 5.75 Å². The van der Waals surface area contributed by atoms with Gasteiger partial charge in [0, 0.05) is 17.8 Å². The number of fused-ring (bicyclic) bond motifs is 1. The Morgan fingerprint density at radius 2 is 2.05 bits per heavy atom. The number of halogens is 1. The number of ether oxygens (including phenoxy) is 1. The highest BCUT2D eigenvalue weighted by atomic mass is 35.5. The molecule has 1 aliphatic heterocycles. The van der Waals surface area contributed by atoms with E-state index in [0.717, 1.165) is 24.3 Å². The van der Waals surface area contributed by atoms with Gasteiger partial charge in [-0.2, -0.15) is 0 Å². The molecule has 3 rings (SSSR count). The predicted octanol–water partition coefficient (Wildman–Crippen LogP) is 3.09. The van der Waals surface area contributed by atoms with Gasteiger partial charge >= 0.3 is 0 Å². The van der Waals surface area contributed by atoms with E-state index in [4.69, 9.17) is 16.3 Å². The smallest absolute Gasteiger partial charge is 0.195 e. The summed E-state index contributed by atoms with van der Waals surface area (Å²) in [6.07, 6.45) is 2.41. The molecule has 21 heavy (non-hydrogen) atoms. The largest absolute Gasteiger partial charge is 0.495 e. The molecule has 0 saturated carbocycles. The summed E-state index contributed by atoms with van der Waals surface area (Å²) in [7, 11) is 1.59. The molecule has 2 heterocycles. The molecule has 0 spiro atoms. The molecule has 112 valence electrons. The molecule has 1 aromatic heterocycles. The molecule has 4 nitrogen and oxygen atoms in total. The first-order chi connectivity index (χ1) is 10.1. The number of likely N-dealkylation sites (tertiary alicyclic amines) is 1. The van der Waals surface area contributed by atoms with Gasteiger partial charge in [-0.3, -0.25) is 9.69 Å². The van der Waals surface area contributed by atoms with E-state index in [9.17, 15) is 4.79 Å². The molecule has 1 aliphatic rings. The highest BCUT2D eigenvalue weighted by molar-refractivity contribution is 6.35. The van der Waals surface area contributed by atoms with Crippen molar-refractivity contribution in [2.24, 2.45) is 0 Å². The van der Waals surface area contributed by atoms with Crippen molar-refractivity contribution >= 4 is 22.5 Å². The highest BCUT2D eigenvalue weighted by Crippen LogP contribution is 2.29. The number of hydrogen-bond donors (Lipinski definition) is 1. The summed E-state index contributed by atoms with van der Waals surface area (Å²) in [5.74, 6) is 0.641. The number of pyridine rings is 1. The number of nitrogens with zero attached hydrogens (tertiary/aromatic N) is 1. The minimum absolute atomic E-state index is 0.0112. The Morgan fingerprint density at radius 3 is 2.71 bits per heavy atom. The van der Waals surface area contributed by atoms with Crippen molar-refractivity contribution in [1.82, 2.24) is 9.88 Å². The molecular formula is C16H19ClN2O2. The van der Waals surface area contributed by atoms with E-state index in [1.165, 1.54) is 12.8 Å². The van der Waals surface area contributed by atoms with E-state index < -0.39 is 0 Å². The number of nitrogens with one attached hydrogen (secondary N) is 1. The van der Waals surface area contributed by atoms with Gasteiger partial charge in [0.1, 0.15) is 5.75 Å². The van der Waals surface area contributed by atoms with Crippen molar-refractivity contribution in [3.63, 3.8) is 0 Å². The van der Waals surface area contributed by atoms with Gasteiger partial charge in [-0.05, 0) is 45.0 Å². The Morgan fingerprint density at radius 1 is 1.33 bits per heavy atom. The van der Waals surface area contributed by atoms with Crippen molar-refractivity contribution < 1.29 is 4.74 Å². The molecule has 0 atom stereocenters. The summed E-state index contributed by atoms with van der Waals surface area (Å²) in [5, 5.41) is 0.991. The average molecular weight is 307 g/mol. The lowest BCUT2D eigenvalue weighted by atomic mass is 10.1. The van der Waals surface area contributed by atoms with Crippen LogP contribution < -0.4 is 10.2 Å². The third-order valence-corrected chi connectivity index (χ3v) is 4.50. The minimum Gasteiger partial charge on any atom is -0.495 e. The van der Waals surface area contributed by atoms with E-state index in [1.807, 2.05) is 6.92 Å². The normalized spacial score (nSPS) is 15.8. The van der Waals surface area contributed by atoms with E-state index in [1.54, 1.807) is 19.2 Å². The van der Waals surface area contributed by atoms with Crippen LogP contribution in [0.3, 0.4) is 0 Å². The molecule has 0 bridgehead atoms. The Balaban J connectivity index is 2.18. The number of aromatic amines is 1. The van der Waals surface area contributed by atoms with Gasteiger partial charge in [0.25, 0.3) is 0 Å². The van der Waals surface area contributed by atoms with E-state index in [-0.39, 0.29) is 5.43 Å². The van der Waals surface area contributed by atoms with E-state index in [2.05, 4.69) is 9.88 Å². The van der Waals surface area contributed by atoms with Gasteiger partial charge in [-0.1, -0.05) is 11.6 Å². The number of H-pyrrole nitrogens is 1. The number of aromatic nitrogens is 1. The topological polar surface area (TPSA) is 45.3 Å². The summed E-state index contributed by atoms with van der Waals surface area (Å²) in [6, 6.07) is 3.49. The molecule has 1 fully saturated rings. The highest BCUT2D eigenvalue weighted by Gasteiger charge is 2.19. The van der Waals surface area contributed by atoms with Gasteiger partial charge in [0.15, 0.2) is 5.43 Å². The van der Waals surface area contributed by atoms with Crippen LogP contribution in [0.4, 0.5) is 0 Å². The number of hydrogen-bond acceptors (Lipinski definition) is 3. The third kappa shape index (κ3) is 2.54. The standard InChI is InChI=1S/C16H19ClN2O2/c1-10-11(9-19-7-3-4-8-19)16(20)14-12(17)5-6-13(21-2)15(14)18-10/h5-6H,3-4,7-9H2,1-2H3,(H,18,20). The first-order valence-electron chi connectivity index (χ1n) is 7.22. The molecule has 1 saturated heterocycles. The fourth-order valence-electron chi connectivity index (χ4n) is 3.01. The van der Waals surface area contributed by atoms with Crippen LogP contribution in [0.1, 0.15) is 24.1 Å². The van der Waals surface area contributed by atoms with Crippen LogP contribution in [-0.4, -0.2) is 30.1 Å². The van der Waals surface area contributed by atoms with Gasteiger partial charge in [0.2, 0.25) is 0 Å². The predicted molar refractivity (Wildman–Crippen MR) is 85.4 cm³/mol. The first-order valence-corrected chi connectivity index (χ1v) is 7.60. The third-order valence-electron chi connectivity index (χ3n) is 4.18. The summed E-state index contributed by atoms with van der Waals surface area (Å²) in [6.45, 7) is 4.74. The quantitative estimate of drug-likeness (QED) is 0.948. The molecule has 2 aromatic rings. The summed E-state index contributed by atoms with van der Waals surface area (Å²) < 4.78 is 5.33. The lowest BCUT2D eigenvalue weighted by Gasteiger charge is -2.17. The van der Waals surface area contributed by atoms with Crippen molar-refractivity contribution in [3.05, 3.63) is 38.6 Å². The first kappa shape index (κ1) is 14.4. The summed E-state index contributed by atoms with van der Waals surface area (Å²) in [5.41, 5.74) is 2.38. The minimum atomic E-state index is 0.0112. The number of benzene rings is 1. The number of methoxy groups -OCH3 is 1. The monoisotopic (exact) mass is 306 g/mol. The number of rotatable bonds is 3. The second-order valence-electron chi connectivity index (χ2n) is 5.54. The molecule has 5 heteroatoms. The summed E-state index contributed by atoms with van der Waals surface area (Å²) >= 11 is 6.24. The molecular weight excluding hydrogens is 288 g/mol. The van der Waals surface area contributed by atoms with Crippen molar-refractivity contribution in [1.29, 1.82) is 0 Å². The molecule has 1 aromatic carbocycles. The lowest BCUT2D eigenvalue weighted by molar-refractivity contribution is 0.329. The molecule has 0 unspecified atom stereocenters. The van der Waals surface area contributed by atoms with Crippen LogP contribution in [0.2, 0.25) is 5.02 Å². The Labute approximate surface area is 128 Å². The van der Waals surface area contributed by atoms with E-state index >= 15 is 0 Å². The lowest BCUT2D eigenvalue weighted by Crippen LogP contribution is -2.25. The molecule has 0 amide bonds. The van der Waals surface area contributed by atoms with Crippen LogP contribution in [0, 0.1) is 6.92 Å². The van der Waals surface area contributed by atoms with Crippen molar-refractivity contribution in [2.75, 3.05) is 20.2 Å². The van der Waals surface area contributed by atoms with Crippen LogP contribution in [0.5, 0.6) is 5.75 Å². The Bertz CT molecular complexity index is 733. The second kappa shape index (κ2) is 5.70. The molecule has 0 radical (unpaired) electrons. The van der Waals surface area contributed by atoms with Gasteiger partial charge in [-0.25, -0.2) is 0 Å². The maximum Gasteiger partial charge on any atom is 0.195 e. The maximum absolute atomic E-state index is 12.8.